The molecular weight excluding hydrogens is 663 g/mol. The highest BCUT2D eigenvalue weighted by molar-refractivity contribution is 7.92. The van der Waals surface area contributed by atoms with E-state index >= 15 is 0 Å². The minimum absolute atomic E-state index is 0.0333. The van der Waals surface area contributed by atoms with Crippen LogP contribution in [-0.4, -0.2) is 48.7 Å². The number of sulfonamides is 1. The molecule has 0 aliphatic carbocycles. The van der Waals surface area contributed by atoms with Gasteiger partial charge in [0.1, 0.15) is 12.6 Å². The van der Waals surface area contributed by atoms with E-state index < -0.39 is 39.3 Å². The van der Waals surface area contributed by atoms with E-state index in [4.69, 9.17) is 23.2 Å². The molecule has 0 fully saturated rings. The number of carbonyl (C=O) groups is 2. The normalized spacial score (nSPS) is 12.5. The number of non-ortho nitro benzene ring substituents is 1. The first-order valence-electron chi connectivity index (χ1n) is 14.8. The molecule has 2 amide bonds. The molecule has 0 heterocycles. The van der Waals surface area contributed by atoms with Gasteiger partial charge in [0, 0.05) is 31.1 Å². The van der Waals surface area contributed by atoms with Crippen molar-refractivity contribution in [3.63, 3.8) is 0 Å². The average molecular weight is 698 g/mol. The summed E-state index contributed by atoms with van der Waals surface area (Å²) in [6, 6.07) is 25.2. The molecule has 0 radical (unpaired) electrons. The predicted octanol–water partition coefficient (Wildman–Crippen LogP) is 6.65. The summed E-state index contributed by atoms with van der Waals surface area (Å²) < 4.78 is 29.0. The van der Waals surface area contributed by atoms with Crippen LogP contribution in [0.25, 0.3) is 0 Å². The summed E-state index contributed by atoms with van der Waals surface area (Å²) >= 11 is 12.5. The summed E-state index contributed by atoms with van der Waals surface area (Å²) in [5, 5.41) is 14.9. The molecule has 4 aromatic carbocycles. The van der Waals surface area contributed by atoms with E-state index in [1.54, 1.807) is 36.4 Å². The van der Waals surface area contributed by atoms with Crippen molar-refractivity contribution in [2.75, 3.05) is 10.8 Å². The molecule has 2 atom stereocenters. The van der Waals surface area contributed by atoms with E-state index in [0.29, 0.717) is 17.0 Å². The summed E-state index contributed by atoms with van der Waals surface area (Å²) in [5.74, 6) is -1.10. The van der Waals surface area contributed by atoms with Gasteiger partial charge in [0.05, 0.1) is 25.6 Å². The lowest BCUT2D eigenvalue weighted by atomic mass is 10.0. The Bertz CT molecular complexity index is 1810. The molecule has 10 nitrogen and oxygen atoms in total. The highest BCUT2D eigenvalue weighted by atomic mass is 35.5. The van der Waals surface area contributed by atoms with Gasteiger partial charge in [0.2, 0.25) is 11.8 Å². The van der Waals surface area contributed by atoms with Crippen LogP contribution in [0.1, 0.15) is 31.4 Å². The van der Waals surface area contributed by atoms with Crippen LogP contribution in [0.3, 0.4) is 0 Å². The van der Waals surface area contributed by atoms with Crippen molar-refractivity contribution in [3.05, 3.63) is 134 Å². The number of hydrogen-bond acceptors (Lipinski definition) is 6. The number of nitro groups is 1. The quantitative estimate of drug-likeness (QED) is 0.116. The molecule has 47 heavy (non-hydrogen) atoms. The Morgan fingerprint density at radius 2 is 1.49 bits per heavy atom. The van der Waals surface area contributed by atoms with Gasteiger partial charge in [-0.1, -0.05) is 84.7 Å². The topological polar surface area (TPSA) is 130 Å². The van der Waals surface area contributed by atoms with Gasteiger partial charge < -0.3 is 10.2 Å². The van der Waals surface area contributed by atoms with Crippen molar-refractivity contribution < 1.29 is 22.9 Å². The van der Waals surface area contributed by atoms with Crippen LogP contribution in [-0.2, 0) is 32.6 Å². The van der Waals surface area contributed by atoms with Crippen LogP contribution in [0, 0.1) is 10.1 Å². The molecular formula is C34H34Cl2N4O6S. The molecule has 0 bridgehead atoms. The van der Waals surface area contributed by atoms with Gasteiger partial charge in [-0.25, -0.2) is 8.42 Å². The molecule has 1 N–H and O–H groups in total. The number of rotatable bonds is 14. The van der Waals surface area contributed by atoms with Crippen molar-refractivity contribution in [1.29, 1.82) is 0 Å². The van der Waals surface area contributed by atoms with Crippen LogP contribution in [0.5, 0.6) is 0 Å². The number of hydrogen-bond donors (Lipinski definition) is 1. The van der Waals surface area contributed by atoms with Crippen LogP contribution in [0.4, 0.5) is 11.4 Å². The van der Waals surface area contributed by atoms with Crippen LogP contribution < -0.4 is 9.62 Å². The van der Waals surface area contributed by atoms with Gasteiger partial charge in [0.15, 0.2) is 0 Å². The number of halogens is 2. The highest BCUT2D eigenvalue weighted by Crippen LogP contribution is 2.28. The Hall–Kier alpha value is -4.45. The molecule has 13 heteroatoms. The second-order valence-electron chi connectivity index (χ2n) is 10.9. The van der Waals surface area contributed by atoms with E-state index in [0.717, 1.165) is 9.87 Å². The smallest absolute Gasteiger partial charge is 0.269 e. The molecule has 0 saturated heterocycles. The molecule has 0 aliphatic rings. The number of amides is 2. The van der Waals surface area contributed by atoms with Gasteiger partial charge in [-0.05, 0) is 60.9 Å². The summed E-state index contributed by atoms with van der Waals surface area (Å²) in [6.45, 7) is 2.97. The van der Waals surface area contributed by atoms with Gasteiger partial charge in [0.25, 0.3) is 15.7 Å². The molecule has 0 unspecified atom stereocenters. The van der Waals surface area contributed by atoms with Gasteiger partial charge in [-0.3, -0.25) is 24.0 Å². The molecule has 246 valence electrons. The van der Waals surface area contributed by atoms with Gasteiger partial charge >= 0.3 is 0 Å². The van der Waals surface area contributed by atoms with Crippen molar-refractivity contribution in [3.8, 4) is 0 Å². The molecule has 4 aromatic rings. The highest BCUT2D eigenvalue weighted by Gasteiger charge is 2.35. The summed E-state index contributed by atoms with van der Waals surface area (Å²) in [6.07, 6.45) is 0.785. The molecule has 0 aromatic heterocycles. The number of benzene rings is 4. The van der Waals surface area contributed by atoms with Crippen molar-refractivity contribution >= 4 is 56.4 Å². The van der Waals surface area contributed by atoms with E-state index in [1.165, 1.54) is 41.3 Å². The van der Waals surface area contributed by atoms with E-state index in [-0.39, 0.29) is 40.3 Å². The minimum atomic E-state index is -4.35. The fourth-order valence-corrected chi connectivity index (χ4v) is 6.57. The zero-order chi connectivity index (χ0) is 34.1. The number of nitrogens with zero attached hydrogens (tertiary/aromatic N) is 3. The third-order valence-corrected chi connectivity index (χ3v) is 10.1. The summed E-state index contributed by atoms with van der Waals surface area (Å²) in [5.41, 5.74) is 1.14. The first kappa shape index (κ1) is 35.4. The SMILES string of the molecule is CC[C@@H](C)NC(=O)[C@H](Cc1ccccc1)N(Cc1ccc(Cl)c(Cl)c1)C(=O)CN(c1ccc([N+](=O)[O-])cc1)S(=O)(=O)c1ccccc1. The lowest BCUT2D eigenvalue weighted by molar-refractivity contribution is -0.384. The predicted molar refractivity (Wildman–Crippen MR) is 183 cm³/mol. The Labute approximate surface area is 284 Å². The Balaban J connectivity index is 1.83. The minimum Gasteiger partial charge on any atom is -0.352 e. The van der Waals surface area contributed by atoms with Gasteiger partial charge in [-0.2, -0.15) is 0 Å². The first-order chi connectivity index (χ1) is 22.4. The number of anilines is 1. The van der Waals surface area contributed by atoms with Gasteiger partial charge in [-0.15, -0.1) is 0 Å². The van der Waals surface area contributed by atoms with Crippen molar-refractivity contribution in [1.82, 2.24) is 10.2 Å². The largest absolute Gasteiger partial charge is 0.352 e. The van der Waals surface area contributed by atoms with E-state index in [9.17, 15) is 28.1 Å². The van der Waals surface area contributed by atoms with Crippen LogP contribution in [0.2, 0.25) is 10.0 Å². The zero-order valence-corrected chi connectivity index (χ0v) is 28.1. The third kappa shape index (κ3) is 9.09. The first-order valence-corrected chi connectivity index (χ1v) is 17.0. The monoisotopic (exact) mass is 696 g/mol. The Morgan fingerprint density at radius 3 is 2.06 bits per heavy atom. The maximum atomic E-state index is 14.5. The fraction of sp³-hybridized carbons (Fsp3) is 0.235. The van der Waals surface area contributed by atoms with E-state index in [1.807, 2.05) is 44.2 Å². The second-order valence-corrected chi connectivity index (χ2v) is 13.6. The molecule has 4 rings (SSSR count). The maximum Gasteiger partial charge on any atom is 0.269 e. The Kier molecular flexibility index (Phi) is 12.0. The van der Waals surface area contributed by atoms with Crippen LogP contribution in [0.15, 0.2) is 108 Å². The lowest BCUT2D eigenvalue weighted by Crippen LogP contribution is -2.54. The number of nitrogens with one attached hydrogen (secondary N) is 1. The molecule has 0 saturated carbocycles. The summed E-state index contributed by atoms with van der Waals surface area (Å²) in [4.78, 5) is 40.4. The number of carbonyl (C=O) groups excluding carboxylic acids is 2. The third-order valence-electron chi connectivity index (χ3n) is 7.57. The Morgan fingerprint density at radius 1 is 0.872 bits per heavy atom. The zero-order valence-electron chi connectivity index (χ0n) is 25.8. The molecule has 0 spiro atoms. The maximum absolute atomic E-state index is 14.5. The van der Waals surface area contributed by atoms with Crippen molar-refractivity contribution in [2.45, 2.75) is 50.2 Å². The molecule has 0 aliphatic heterocycles. The lowest BCUT2D eigenvalue weighted by Gasteiger charge is -2.34. The summed E-state index contributed by atoms with van der Waals surface area (Å²) in [7, 11) is -4.35. The standard InChI is InChI=1S/C34H34Cl2N4O6S/c1-3-24(2)37-34(42)32(21-25-10-6-4-7-11-25)38(22-26-14-19-30(35)31(36)20-26)33(41)23-39(27-15-17-28(18-16-27)40(43)44)47(45,46)29-12-8-5-9-13-29/h4-20,24,32H,3,21-23H2,1-2H3,(H,37,42)/t24-,32+/m1/s1. The van der Waals surface area contributed by atoms with Crippen molar-refractivity contribution in [2.24, 2.45) is 0 Å². The fourth-order valence-electron chi connectivity index (χ4n) is 4.82. The number of nitro benzene ring substituents is 1. The van der Waals surface area contributed by atoms with E-state index in [2.05, 4.69) is 5.32 Å². The van der Waals surface area contributed by atoms with Crippen LogP contribution >= 0.6 is 23.2 Å². The average Bonchev–Trinajstić information content (AvgIpc) is 3.07. The second kappa shape index (κ2) is 15.9.